The lowest BCUT2D eigenvalue weighted by Gasteiger charge is -2.21. The largest absolute Gasteiger partial charge is 0.399 e. The molecule has 0 aliphatic heterocycles. The van der Waals surface area contributed by atoms with Gasteiger partial charge in [-0.25, -0.2) is 0 Å². The molecule has 0 bridgehead atoms. The van der Waals surface area contributed by atoms with Gasteiger partial charge in [-0.2, -0.15) is 0 Å². The molecule has 0 atom stereocenters. The van der Waals surface area contributed by atoms with Gasteiger partial charge >= 0.3 is 0 Å². The number of aryl methyl sites for hydroxylation is 1. The summed E-state index contributed by atoms with van der Waals surface area (Å²) in [4.78, 5) is 6.95. The number of nitrogens with zero attached hydrogens (tertiary/aromatic N) is 2. The molecule has 1 aromatic carbocycles. The van der Waals surface area contributed by atoms with E-state index in [9.17, 15) is 0 Å². The second-order valence-electron chi connectivity index (χ2n) is 5.20. The van der Waals surface area contributed by atoms with Crippen LogP contribution >= 0.6 is 0 Å². The van der Waals surface area contributed by atoms with E-state index in [1.54, 1.807) is 0 Å². The molecule has 2 rings (SSSR count). The second-order valence-corrected chi connectivity index (χ2v) is 5.20. The average molecular weight is 269 g/mol. The number of benzene rings is 1. The Morgan fingerprint density at radius 3 is 2.50 bits per heavy atom. The molecule has 2 N–H and O–H groups in total. The van der Waals surface area contributed by atoms with Crippen molar-refractivity contribution in [3.05, 3.63) is 58.9 Å². The third-order valence-corrected chi connectivity index (χ3v) is 3.66. The molecule has 0 unspecified atom stereocenters. The van der Waals surface area contributed by atoms with Crippen molar-refractivity contribution in [2.75, 3.05) is 12.3 Å². The lowest BCUT2D eigenvalue weighted by Crippen LogP contribution is -2.23. The van der Waals surface area contributed by atoms with Crippen LogP contribution in [0, 0.1) is 13.8 Å². The van der Waals surface area contributed by atoms with Gasteiger partial charge in [-0.1, -0.05) is 25.1 Å². The van der Waals surface area contributed by atoms with Crippen LogP contribution in [0.3, 0.4) is 0 Å². The number of pyridine rings is 1. The number of aromatic nitrogens is 1. The van der Waals surface area contributed by atoms with E-state index in [1.807, 2.05) is 25.1 Å². The van der Waals surface area contributed by atoms with Gasteiger partial charge in [0.05, 0.1) is 5.69 Å². The first-order chi connectivity index (χ1) is 9.60. The van der Waals surface area contributed by atoms with Gasteiger partial charge in [0.25, 0.3) is 0 Å². The van der Waals surface area contributed by atoms with Gasteiger partial charge in [0.2, 0.25) is 0 Å². The Morgan fingerprint density at radius 1 is 1.05 bits per heavy atom. The zero-order valence-electron chi connectivity index (χ0n) is 12.6. The van der Waals surface area contributed by atoms with Crippen LogP contribution in [0.2, 0.25) is 0 Å². The summed E-state index contributed by atoms with van der Waals surface area (Å²) in [5.74, 6) is 0. The van der Waals surface area contributed by atoms with Crippen LogP contribution in [0.1, 0.15) is 29.4 Å². The Labute approximate surface area is 121 Å². The van der Waals surface area contributed by atoms with Crippen molar-refractivity contribution in [3.63, 3.8) is 0 Å². The summed E-state index contributed by atoms with van der Waals surface area (Å²) in [5.41, 5.74) is 11.5. The van der Waals surface area contributed by atoms with Gasteiger partial charge in [0.15, 0.2) is 0 Å². The van der Waals surface area contributed by atoms with Gasteiger partial charge in [0.1, 0.15) is 0 Å². The number of hydrogen-bond donors (Lipinski definition) is 1. The molecular weight excluding hydrogens is 246 g/mol. The van der Waals surface area contributed by atoms with E-state index in [0.717, 1.165) is 36.7 Å². The fourth-order valence-electron chi connectivity index (χ4n) is 2.31. The predicted octanol–water partition coefficient (Wildman–Crippen LogP) is 3.30. The highest BCUT2D eigenvalue weighted by atomic mass is 15.1. The van der Waals surface area contributed by atoms with Gasteiger partial charge in [0, 0.05) is 24.5 Å². The normalized spacial score (nSPS) is 11.0. The molecule has 0 amide bonds. The van der Waals surface area contributed by atoms with E-state index < -0.39 is 0 Å². The van der Waals surface area contributed by atoms with Crippen LogP contribution in [-0.4, -0.2) is 16.4 Å². The highest BCUT2D eigenvalue weighted by molar-refractivity contribution is 5.49. The Morgan fingerprint density at radius 2 is 1.80 bits per heavy atom. The molecular formula is C17H23N3. The Kier molecular flexibility index (Phi) is 4.74. The highest BCUT2D eigenvalue weighted by Gasteiger charge is 2.09. The van der Waals surface area contributed by atoms with Gasteiger partial charge in [-0.3, -0.25) is 9.88 Å². The quantitative estimate of drug-likeness (QED) is 0.847. The van der Waals surface area contributed by atoms with Gasteiger partial charge in [-0.05, 0) is 49.7 Å². The molecule has 20 heavy (non-hydrogen) atoms. The molecule has 0 aliphatic carbocycles. The van der Waals surface area contributed by atoms with E-state index >= 15 is 0 Å². The maximum Gasteiger partial charge on any atom is 0.0547 e. The third kappa shape index (κ3) is 3.58. The van der Waals surface area contributed by atoms with Crippen molar-refractivity contribution in [3.8, 4) is 0 Å². The van der Waals surface area contributed by atoms with Crippen molar-refractivity contribution < 1.29 is 0 Å². The van der Waals surface area contributed by atoms with E-state index in [0.29, 0.717) is 0 Å². The van der Waals surface area contributed by atoms with E-state index in [-0.39, 0.29) is 0 Å². The summed E-state index contributed by atoms with van der Waals surface area (Å²) < 4.78 is 0. The van der Waals surface area contributed by atoms with Crippen molar-refractivity contribution in [1.82, 2.24) is 9.88 Å². The molecule has 0 fully saturated rings. The van der Waals surface area contributed by atoms with Gasteiger partial charge in [-0.15, -0.1) is 0 Å². The Bertz CT molecular complexity index is 578. The van der Waals surface area contributed by atoms with Crippen molar-refractivity contribution in [2.24, 2.45) is 0 Å². The Hall–Kier alpha value is -1.87. The molecule has 0 spiro atoms. The highest BCUT2D eigenvalue weighted by Crippen LogP contribution is 2.18. The number of rotatable bonds is 5. The smallest absolute Gasteiger partial charge is 0.0547 e. The van der Waals surface area contributed by atoms with Crippen molar-refractivity contribution >= 4 is 5.69 Å². The van der Waals surface area contributed by atoms with E-state index in [1.165, 1.54) is 11.1 Å². The molecule has 0 saturated heterocycles. The number of hydrogen-bond acceptors (Lipinski definition) is 3. The summed E-state index contributed by atoms with van der Waals surface area (Å²) in [6, 6.07) is 12.3. The molecule has 3 nitrogen and oxygen atoms in total. The summed E-state index contributed by atoms with van der Waals surface area (Å²) in [7, 11) is 0. The van der Waals surface area contributed by atoms with Crippen LogP contribution < -0.4 is 5.73 Å². The monoisotopic (exact) mass is 269 g/mol. The maximum atomic E-state index is 5.98. The van der Waals surface area contributed by atoms with Crippen molar-refractivity contribution in [1.29, 1.82) is 0 Å². The summed E-state index contributed by atoms with van der Waals surface area (Å²) in [6.07, 6.45) is 0. The van der Waals surface area contributed by atoms with Crippen LogP contribution in [0.5, 0.6) is 0 Å². The molecule has 0 radical (unpaired) electrons. The minimum Gasteiger partial charge on any atom is -0.399 e. The van der Waals surface area contributed by atoms with Gasteiger partial charge < -0.3 is 5.73 Å². The lowest BCUT2D eigenvalue weighted by molar-refractivity contribution is 0.267. The number of nitrogen functional groups attached to an aromatic ring is 1. The average Bonchev–Trinajstić information content (AvgIpc) is 2.43. The summed E-state index contributed by atoms with van der Waals surface area (Å²) in [6.45, 7) is 9.06. The van der Waals surface area contributed by atoms with E-state index in [2.05, 4.69) is 41.9 Å². The topological polar surface area (TPSA) is 42.2 Å². The lowest BCUT2D eigenvalue weighted by atomic mass is 10.1. The standard InChI is InChI=1S/C17H23N3/c1-4-20(12-16-9-5-7-13(2)19-16)11-15-8-6-10-17(18)14(15)3/h5-10H,4,11-12,18H2,1-3H3. The Balaban J connectivity index is 2.11. The van der Waals surface area contributed by atoms with E-state index in [4.69, 9.17) is 5.73 Å². The third-order valence-electron chi connectivity index (χ3n) is 3.66. The maximum absolute atomic E-state index is 5.98. The van der Waals surface area contributed by atoms with Crippen LogP contribution in [-0.2, 0) is 13.1 Å². The summed E-state index contributed by atoms with van der Waals surface area (Å²) >= 11 is 0. The minimum absolute atomic E-state index is 0.867. The molecule has 3 heteroatoms. The first kappa shape index (κ1) is 14.5. The molecule has 1 heterocycles. The molecule has 0 aliphatic rings. The molecule has 1 aromatic heterocycles. The summed E-state index contributed by atoms with van der Waals surface area (Å²) in [5, 5.41) is 0. The SMILES string of the molecule is CCN(Cc1cccc(C)n1)Cc1cccc(N)c1C. The predicted molar refractivity (Wildman–Crippen MR) is 84.4 cm³/mol. The van der Waals surface area contributed by atoms with Crippen LogP contribution in [0.15, 0.2) is 36.4 Å². The minimum atomic E-state index is 0.867. The van der Waals surface area contributed by atoms with Crippen molar-refractivity contribution in [2.45, 2.75) is 33.9 Å². The zero-order chi connectivity index (χ0) is 14.5. The number of nitrogens with two attached hydrogens (primary N) is 1. The second kappa shape index (κ2) is 6.53. The fraction of sp³-hybridized carbons (Fsp3) is 0.353. The first-order valence-electron chi connectivity index (χ1n) is 7.09. The molecule has 106 valence electrons. The molecule has 0 saturated carbocycles. The first-order valence-corrected chi connectivity index (χ1v) is 7.09. The van der Waals surface area contributed by atoms with Crippen LogP contribution in [0.25, 0.3) is 0 Å². The number of anilines is 1. The van der Waals surface area contributed by atoms with Crippen LogP contribution in [0.4, 0.5) is 5.69 Å². The zero-order valence-corrected chi connectivity index (χ0v) is 12.6. The fourth-order valence-corrected chi connectivity index (χ4v) is 2.31. The molecule has 2 aromatic rings.